The molecule has 0 saturated carbocycles. The third kappa shape index (κ3) is 1.42. The summed E-state index contributed by atoms with van der Waals surface area (Å²) < 4.78 is 12.2. The zero-order valence-corrected chi connectivity index (χ0v) is 4.95. The lowest BCUT2D eigenvalue weighted by Gasteiger charge is -2.23. The normalized spacial score (nSPS) is 39.8. The van der Waals surface area contributed by atoms with Crippen molar-refractivity contribution in [3.8, 4) is 0 Å². The summed E-state index contributed by atoms with van der Waals surface area (Å²) in [5.74, 6) is 0. The summed E-state index contributed by atoms with van der Waals surface area (Å²) >= 11 is 0. The Morgan fingerprint density at radius 1 is 1.38 bits per heavy atom. The molecule has 0 atom stereocenters. The molecule has 1 aliphatic rings. The summed E-state index contributed by atoms with van der Waals surface area (Å²) in [6.45, 7) is 2.97. The fraction of sp³-hybridized carbons (Fsp3) is 1.00. The van der Waals surface area contributed by atoms with Crippen LogP contribution in [0, 0.1) is 0 Å². The van der Waals surface area contributed by atoms with Gasteiger partial charge in [-0.2, -0.15) is 0 Å². The molecule has 3 heteroatoms. The van der Waals surface area contributed by atoms with Gasteiger partial charge in [0.25, 0.3) is 0 Å². The van der Waals surface area contributed by atoms with Gasteiger partial charge in [-0.3, -0.25) is 10.6 Å². The van der Waals surface area contributed by atoms with E-state index in [1.165, 1.54) is 0 Å². The van der Waals surface area contributed by atoms with E-state index in [9.17, 15) is 4.39 Å². The average Bonchev–Trinajstić information content (AvgIpc) is 1.77. The first kappa shape index (κ1) is 5.98. The Hall–Kier alpha value is -0.150. The second-order valence-electron chi connectivity index (χ2n) is 2.14. The molecule has 48 valence electrons. The Morgan fingerprint density at radius 3 is 2.25 bits per heavy atom. The fourth-order valence-corrected chi connectivity index (χ4v) is 0.754. The molecule has 1 heterocycles. The van der Waals surface area contributed by atoms with E-state index >= 15 is 0 Å². The molecule has 2 N–H and O–H groups in total. The minimum Gasteiger partial charge on any atom is -0.299 e. The molecular weight excluding hydrogens is 107 g/mol. The molecule has 2 nitrogen and oxygen atoms in total. The van der Waals surface area contributed by atoms with Crippen molar-refractivity contribution in [2.45, 2.75) is 19.3 Å². The summed E-state index contributed by atoms with van der Waals surface area (Å²) in [4.78, 5) is 0. The second kappa shape index (κ2) is 2.42. The number of hydrogen-bond acceptors (Lipinski definition) is 2. The highest BCUT2D eigenvalue weighted by molar-refractivity contribution is 4.73. The van der Waals surface area contributed by atoms with Crippen LogP contribution in [-0.2, 0) is 0 Å². The summed E-state index contributed by atoms with van der Waals surface area (Å²) in [6.07, 6.45) is -0.423. The van der Waals surface area contributed by atoms with Gasteiger partial charge in [-0.25, -0.2) is 4.39 Å². The van der Waals surface area contributed by atoms with Crippen LogP contribution in [0.4, 0.5) is 4.39 Å². The lowest BCUT2D eigenvalue weighted by molar-refractivity contribution is 0.236. The van der Waals surface area contributed by atoms with Crippen molar-refractivity contribution in [2.75, 3.05) is 13.1 Å². The topological polar surface area (TPSA) is 24.1 Å². The third-order valence-electron chi connectivity index (χ3n) is 1.29. The van der Waals surface area contributed by atoms with Crippen molar-refractivity contribution < 1.29 is 4.39 Å². The van der Waals surface area contributed by atoms with Gasteiger partial charge in [0.15, 0.2) is 0 Å². The Morgan fingerprint density at radius 2 is 1.88 bits per heavy atom. The number of alkyl halides is 1. The molecule has 1 fully saturated rings. The average molecular weight is 118 g/mol. The first-order valence-electron chi connectivity index (χ1n) is 2.90. The van der Waals surface area contributed by atoms with E-state index in [1.54, 1.807) is 0 Å². The van der Waals surface area contributed by atoms with Crippen LogP contribution in [0.5, 0.6) is 0 Å². The van der Waals surface area contributed by atoms with Gasteiger partial charge in [0.05, 0.1) is 6.17 Å². The maximum atomic E-state index is 12.2. The number of rotatable bonds is 0. The van der Waals surface area contributed by atoms with Crippen molar-refractivity contribution in [1.82, 2.24) is 10.6 Å². The summed E-state index contributed by atoms with van der Waals surface area (Å²) in [7, 11) is 0. The fourth-order valence-electron chi connectivity index (χ4n) is 0.754. The van der Waals surface area contributed by atoms with Crippen molar-refractivity contribution >= 4 is 0 Å². The lowest BCUT2D eigenvalue weighted by atomic mass is 10.3. The molecule has 0 aromatic carbocycles. The molecule has 1 saturated heterocycles. The monoisotopic (exact) mass is 118 g/mol. The van der Waals surface area contributed by atoms with Crippen LogP contribution in [0.25, 0.3) is 0 Å². The predicted octanol–water partition coefficient (Wildman–Crippen LogP) is -0.137. The molecule has 0 unspecified atom stereocenters. The van der Waals surface area contributed by atoms with Crippen molar-refractivity contribution in [2.24, 2.45) is 0 Å². The molecule has 0 aliphatic carbocycles. The number of halogens is 1. The van der Waals surface area contributed by atoms with Gasteiger partial charge >= 0.3 is 0 Å². The highest BCUT2D eigenvalue weighted by Gasteiger charge is 2.13. The molecule has 8 heavy (non-hydrogen) atoms. The Labute approximate surface area is 48.5 Å². The maximum absolute atomic E-state index is 12.2. The number of hydrogen-bond donors (Lipinski definition) is 2. The van der Waals surface area contributed by atoms with Crippen LogP contribution in [0.15, 0.2) is 0 Å². The van der Waals surface area contributed by atoms with Gasteiger partial charge in [0.1, 0.15) is 6.17 Å². The Kier molecular flexibility index (Phi) is 1.81. The lowest BCUT2D eigenvalue weighted by Crippen LogP contribution is -2.51. The Bertz CT molecular complexity index is 58.8. The van der Waals surface area contributed by atoms with E-state index in [1.807, 2.05) is 6.92 Å². The third-order valence-corrected chi connectivity index (χ3v) is 1.29. The van der Waals surface area contributed by atoms with Gasteiger partial charge in [-0.15, -0.1) is 0 Å². The van der Waals surface area contributed by atoms with E-state index < -0.39 is 6.17 Å². The quantitative estimate of drug-likeness (QED) is 0.462. The Balaban J connectivity index is 2.19. The molecule has 0 amide bonds. The van der Waals surface area contributed by atoms with E-state index in [0.717, 1.165) is 0 Å². The zero-order chi connectivity index (χ0) is 5.98. The van der Waals surface area contributed by atoms with E-state index in [-0.39, 0.29) is 6.17 Å². The molecule has 0 radical (unpaired) electrons. The molecule has 0 aromatic rings. The smallest absolute Gasteiger partial charge is 0.125 e. The van der Waals surface area contributed by atoms with Gasteiger partial charge in [0, 0.05) is 13.1 Å². The highest BCUT2D eigenvalue weighted by atomic mass is 19.1. The SMILES string of the molecule is CC1NCC(F)CN1. The highest BCUT2D eigenvalue weighted by Crippen LogP contribution is 1.92. The standard InChI is InChI=1S/C5H11FN2/c1-4-7-2-5(6)3-8-4/h4-5,7-8H,2-3H2,1H3. The second-order valence-corrected chi connectivity index (χ2v) is 2.14. The first-order valence-corrected chi connectivity index (χ1v) is 2.90. The number of nitrogens with one attached hydrogen (secondary N) is 2. The van der Waals surface area contributed by atoms with Gasteiger partial charge in [-0.1, -0.05) is 0 Å². The van der Waals surface area contributed by atoms with Crippen molar-refractivity contribution in [3.63, 3.8) is 0 Å². The summed E-state index contributed by atoms with van der Waals surface area (Å²) in [6, 6.07) is 0. The zero-order valence-electron chi connectivity index (χ0n) is 4.95. The minimum absolute atomic E-state index is 0.280. The van der Waals surface area contributed by atoms with Crippen LogP contribution in [0.1, 0.15) is 6.92 Å². The van der Waals surface area contributed by atoms with Gasteiger partial charge in [0.2, 0.25) is 0 Å². The van der Waals surface area contributed by atoms with Gasteiger partial charge < -0.3 is 0 Å². The maximum Gasteiger partial charge on any atom is 0.125 e. The molecule has 1 aliphatic heterocycles. The van der Waals surface area contributed by atoms with E-state index in [4.69, 9.17) is 0 Å². The van der Waals surface area contributed by atoms with Crippen LogP contribution in [-0.4, -0.2) is 25.4 Å². The van der Waals surface area contributed by atoms with Gasteiger partial charge in [-0.05, 0) is 6.92 Å². The van der Waals surface area contributed by atoms with E-state index in [0.29, 0.717) is 13.1 Å². The first-order chi connectivity index (χ1) is 3.79. The molecule has 1 rings (SSSR count). The minimum atomic E-state index is -0.703. The van der Waals surface area contributed by atoms with Crippen molar-refractivity contribution in [3.05, 3.63) is 0 Å². The van der Waals surface area contributed by atoms with Crippen LogP contribution >= 0.6 is 0 Å². The molecule has 0 bridgehead atoms. The van der Waals surface area contributed by atoms with Crippen LogP contribution < -0.4 is 10.6 Å². The van der Waals surface area contributed by atoms with Crippen LogP contribution in [0.2, 0.25) is 0 Å². The molecule has 0 spiro atoms. The van der Waals surface area contributed by atoms with Crippen LogP contribution in [0.3, 0.4) is 0 Å². The largest absolute Gasteiger partial charge is 0.299 e. The van der Waals surface area contributed by atoms with E-state index in [2.05, 4.69) is 10.6 Å². The molecule has 0 aromatic heterocycles. The summed E-state index contributed by atoms with van der Waals surface area (Å²) in [5.41, 5.74) is 0. The molecular formula is C5H11FN2. The predicted molar refractivity (Wildman–Crippen MR) is 30.4 cm³/mol. The van der Waals surface area contributed by atoms with Crippen molar-refractivity contribution in [1.29, 1.82) is 0 Å². The summed E-state index contributed by atoms with van der Waals surface area (Å²) in [5, 5.41) is 5.89.